The van der Waals surface area contributed by atoms with Crippen molar-refractivity contribution in [3.8, 4) is 5.75 Å². The van der Waals surface area contributed by atoms with Crippen molar-refractivity contribution in [3.63, 3.8) is 0 Å². The van der Waals surface area contributed by atoms with Crippen LogP contribution in [0.2, 0.25) is 10.0 Å². The number of carbonyl (C=O) groups excluding carboxylic acids is 1. The minimum absolute atomic E-state index is 0.0524. The van der Waals surface area contributed by atoms with Crippen LogP contribution in [0.5, 0.6) is 5.75 Å². The number of carbonyl (C=O) groups is 1. The lowest BCUT2D eigenvalue weighted by molar-refractivity contribution is -0.131. The summed E-state index contributed by atoms with van der Waals surface area (Å²) in [5.41, 5.74) is 1.63. The third kappa shape index (κ3) is 6.15. The number of amides is 1. The van der Waals surface area contributed by atoms with Gasteiger partial charge in [-0.2, -0.15) is 0 Å². The van der Waals surface area contributed by atoms with E-state index in [0.29, 0.717) is 29.4 Å². The average Bonchev–Trinajstić information content (AvgIpc) is 2.94. The number of ether oxygens (including phenoxy) is 1. The number of likely N-dealkylation sites (tertiary alicyclic amines) is 1. The van der Waals surface area contributed by atoms with Crippen LogP contribution >= 0.6 is 23.2 Å². The van der Waals surface area contributed by atoms with Gasteiger partial charge in [-0.3, -0.25) is 4.79 Å². The smallest absolute Gasteiger partial charge is 0.227 e. The molecule has 1 atom stereocenters. The third-order valence-electron chi connectivity index (χ3n) is 5.93. The van der Waals surface area contributed by atoms with Crippen LogP contribution in [0.4, 0.5) is 0 Å². The molecule has 1 N–H and O–H groups in total. The first-order chi connectivity index (χ1) is 14.8. The molecule has 168 valence electrons. The number of nitrogens with zero attached hydrogens (tertiary/aromatic N) is 1. The molecule has 3 rings (SSSR count). The number of halogens is 2. The van der Waals surface area contributed by atoms with Crippen LogP contribution in [-0.2, 0) is 16.6 Å². The molecule has 2 aromatic carbocycles. The van der Waals surface area contributed by atoms with Gasteiger partial charge in [0.25, 0.3) is 0 Å². The quantitative estimate of drug-likeness (QED) is 0.576. The van der Waals surface area contributed by atoms with Crippen LogP contribution < -0.4 is 4.74 Å². The topological polar surface area (TPSA) is 49.8 Å². The molecule has 1 aliphatic heterocycles. The Balaban J connectivity index is 1.82. The standard InChI is InChI=1S/C25H31Cl2NO3/c1-18(2)31-21-7-5-6-19(14-21)15-24(30)28-12-4-3-10-25(17-28,11-13-29)20-8-9-22(26)23(27)16-20/h5-9,14,16,18,29H,3-4,10-13,15,17H2,1-2H3. The highest BCUT2D eigenvalue weighted by molar-refractivity contribution is 6.42. The molecule has 4 nitrogen and oxygen atoms in total. The van der Waals surface area contributed by atoms with Gasteiger partial charge >= 0.3 is 0 Å². The molecule has 0 aliphatic carbocycles. The Kier molecular flexibility index (Phi) is 8.26. The van der Waals surface area contributed by atoms with E-state index in [4.69, 9.17) is 27.9 Å². The Morgan fingerprint density at radius 3 is 2.68 bits per heavy atom. The largest absolute Gasteiger partial charge is 0.491 e. The van der Waals surface area contributed by atoms with Gasteiger partial charge in [0.1, 0.15) is 5.75 Å². The van der Waals surface area contributed by atoms with Gasteiger partial charge in [0.05, 0.1) is 22.6 Å². The Hall–Kier alpha value is -1.75. The first kappa shape index (κ1) is 23.9. The molecule has 1 aliphatic rings. The second-order valence-corrected chi connectivity index (χ2v) is 9.46. The van der Waals surface area contributed by atoms with Crippen LogP contribution in [0.15, 0.2) is 42.5 Å². The summed E-state index contributed by atoms with van der Waals surface area (Å²) in [4.78, 5) is 15.2. The maximum atomic E-state index is 13.3. The van der Waals surface area contributed by atoms with Gasteiger partial charge in [0.15, 0.2) is 0 Å². The number of benzene rings is 2. The Morgan fingerprint density at radius 1 is 1.16 bits per heavy atom. The summed E-state index contributed by atoms with van der Waals surface area (Å²) in [6.45, 7) is 5.30. The summed E-state index contributed by atoms with van der Waals surface area (Å²) in [6.07, 6.45) is 3.81. The fourth-order valence-corrected chi connectivity index (χ4v) is 4.71. The van der Waals surface area contributed by atoms with Crippen LogP contribution in [0, 0.1) is 0 Å². The summed E-state index contributed by atoms with van der Waals surface area (Å²) in [6, 6.07) is 13.4. The molecule has 6 heteroatoms. The monoisotopic (exact) mass is 463 g/mol. The molecule has 1 saturated heterocycles. The van der Waals surface area contributed by atoms with Gasteiger partial charge in [-0.05, 0) is 68.5 Å². The van der Waals surface area contributed by atoms with Gasteiger partial charge in [-0.25, -0.2) is 0 Å². The molecule has 1 amide bonds. The van der Waals surface area contributed by atoms with Crippen LogP contribution in [0.25, 0.3) is 0 Å². The van der Waals surface area contributed by atoms with Crippen molar-refractivity contribution in [2.45, 2.75) is 57.5 Å². The van der Waals surface area contributed by atoms with E-state index in [0.717, 1.165) is 42.7 Å². The molecule has 0 bridgehead atoms. The molecule has 1 fully saturated rings. The SMILES string of the molecule is CC(C)Oc1cccc(CC(=O)N2CCCCC(CCO)(c3ccc(Cl)c(Cl)c3)C2)c1. The molecule has 2 aromatic rings. The van der Waals surface area contributed by atoms with Crippen molar-refractivity contribution >= 4 is 29.1 Å². The number of aliphatic hydroxyl groups is 1. The number of rotatable bonds is 7. The Morgan fingerprint density at radius 2 is 1.97 bits per heavy atom. The zero-order valence-corrected chi connectivity index (χ0v) is 19.8. The normalized spacial score (nSPS) is 19.4. The Labute approximate surface area is 195 Å². The van der Waals surface area contributed by atoms with E-state index in [-0.39, 0.29) is 24.0 Å². The molecular formula is C25H31Cl2NO3. The molecule has 0 aromatic heterocycles. The second kappa shape index (κ2) is 10.7. The van der Waals surface area contributed by atoms with Crippen molar-refractivity contribution in [2.75, 3.05) is 19.7 Å². The number of hydrogen-bond acceptors (Lipinski definition) is 3. The van der Waals surface area contributed by atoms with E-state index in [1.165, 1.54) is 0 Å². The summed E-state index contributed by atoms with van der Waals surface area (Å²) >= 11 is 12.4. The van der Waals surface area contributed by atoms with E-state index in [1.807, 2.05) is 55.1 Å². The highest BCUT2D eigenvalue weighted by Crippen LogP contribution is 2.39. The Bertz CT molecular complexity index is 902. The van der Waals surface area contributed by atoms with Crippen LogP contribution in [0.1, 0.15) is 50.7 Å². The summed E-state index contributed by atoms with van der Waals surface area (Å²) in [5.74, 6) is 0.868. The van der Waals surface area contributed by atoms with Crippen LogP contribution in [0.3, 0.4) is 0 Å². The summed E-state index contributed by atoms with van der Waals surface area (Å²) in [5, 5.41) is 10.9. The first-order valence-electron chi connectivity index (χ1n) is 10.9. The van der Waals surface area contributed by atoms with Crippen molar-refractivity contribution in [2.24, 2.45) is 0 Å². The van der Waals surface area contributed by atoms with E-state index < -0.39 is 0 Å². The molecule has 31 heavy (non-hydrogen) atoms. The predicted octanol–water partition coefficient (Wildman–Crippen LogP) is 5.66. The summed E-state index contributed by atoms with van der Waals surface area (Å²) < 4.78 is 5.77. The van der Waals surface area contributed by atoms with Gasteiger partial charge in [0.2, 0.25) is 5.91 Å². The zero-order valence-electron chi connectivity index (χ0n) is 18.2. The molecule has 0 saturated carbocycles. The van der Waals surface area contributed by atoms with E-state index in [9.17, 15) is 9.90 Å². The lowest BCUT2D eigenvalue weighted by atomic mass is 9.74. The third-order valence-corrected chi connectivity index (χ3v) is 6.67. The molecule has 0 spiro atoms. The maximum Gasteiger partial charge on any atom is 0.227 e. The fourth-order valence-electron chi connectivity index (χ4n) is 4.41. The van der Waals surface area contributed by atoms with Gasteiger partial charge in [-0.15, -0.1) is 0 Å². The lowest BCUT2D eigenvalue weighted by Crippen LogP contribution is -2.43. The average molecular weight is 464 g/mol. The lowest BCUT2D eigenvalue weighted by Gasteiger charge is -2.37. The fraction of sp³-hybridized carbons (Fsp3) is 0.480. The molecule has 1 unspecified atom stereocenters. The maximum absolute atomic E-state index is 13.3. The summed E-state index contributed by atoms with van der Waals surface area (Å²) in [7, 11) is 0. The minimum Gasteiger partial charge on any atom is -0.491 e. The van der Waals surface area contributed by atoms with E-state index in [2.05, 4.69) is 0 Å². The van der Waals surface area contributed by atoms with E-state index >= 15 is 0 Å². The zero-order chi connectivity index (χ0) is 22.4. The molecular weight excluding hydrogens is 433 g/mol. The van der Waals surface area contributed by atoms with E-state index in [1.54, 1.807) is 6.07 Å². The molecule has 0 radical (unpaired) electrons. The van der Waals surface area contributed by atoms with Gasteiger partial charge in [-0.1, -0.05) is 47.8 Å². The number of hydrogen-bond donors (Lipinski definition) is 1. The highest BCUT2D eigenvalue weighted by Gasteiger charge is 2.37. The second-order valence-electron chi connectivity index (χ2n) is 8.65. The molecule has 1 heterocycles. The van der Waals surface area contributed by atoms with Crippen molar-refractivity contribution in [3.05, 3.63) is 63.6 Å². The van der Waals surface area contributed by atoms with Crippen molar-refractivity contribution in [1.82, 2.24) is 4.90 Å². The van der Waals surface area contributed by atoms with Gasteiger partial charge < -0.3 is 14.7 Å². The van der Waals surface area contributed by atoms with Gasteiger partial charge in [0, 0.05) is 25.1 Å². The number of aliphatic hydroxyl groups excluding tert-OH is 1. The van der Waals surface area contributed by atoms with Crippen molar-refractivity contribution < 1.29 is 14.6 Å². The minimum atomic E-state index is -0.336. The first-order valence-corrected chi connectivity index (χ1v) is 11.7. The highest BCUT2D eigenvalue weighted by atomic mass is 35.5. The van der Waals surface area contributed by atoms with Crippen molar-refractivity contribution in [1.29, 1.82) is 0 Å². The predicted molar refractivity (Wildman–Crippen MR) is 126 cm³/mol. The van der Waals surface area contributed by atoms with Crippen LogP contribution in [-0.4, -0.2) is 41.7 Å².